The van der Waals surface area contributed by atoms with E-state index in [-0.39, 0.29) is 11.6 Å². The Hall–Kier alpha value is -3.13. The molecule has 0 saturated heterocycles. The van der Waals surface area contributed by atoms with Crippen molar-refractivity contribution in [1.29, 1.82) is 0 Å². The Kier molecular flexibility index (Phi) is 5.72. The average Bonchev–Trinajstić information content (AvgIpc) is 3.27. The number of hydrogen-bond acceptors (Lipinski definition) is 5. The van der Waals surface area contributed by atoms with Gasteiger partial charge in [-0.25, -0.2) is 4.99 Å². The molecule has 34 heavy (non-hydrogen) atoms. The highest BCUT2D eigenvalue weighted by Crippen LogP contribution is 2.36. The van der Waals surface area contributed by atoms with Crippen LogP contribution in [0.5, 0.6) is 0 Å². The van der Waals surface area contributed by atoms with Gasteiger partial charge in [-0.15, -0.1) is 0 Å². The van der Waals surface area contributed by atoms with Crippen molar-refractivity contribution in [2.45, 2.75) is 32.5 Å². The third-order valence-corrected chi connectivity index (χ3v) is 6.86. The number of nitrogens with zero attached hydrogens (tertiary/aromatic N) is 4. The van der Waals surface area contributed by atoms with E-state index < -0.39 is 11.7 Å². The second-order valence-corrected chi connectivity index (χ2v) is 9.15. The predicted octanol–water partition coefficient (Wildman–Crippen LogP) is 5.02. The number of likely N-dealkylation sites (N-methyl/N-ethyl adjacent to an activating group) is 1. The lowest BCUT2D eigenvalue weighted by atomic mass is 9.94. The molecule has 0 radical (unpaired) electrons. The molecule has 0 saturated carbocycles. The molecule has 1 N–H and O–H groups in total. The Morgan fingerprint density at radius 3 is 2.68 bits per heavy atom. The molecule has 2 aromatic carbocycles. The Labute approximate surface area is 197 Å². The fourth-order valence-electron chi connectivity index (χ4n) is 4.94. The summed E-state index contributed by atoms with van der Waals surface area (Å²) in [6.45, 7) is 6.77. The zero-order chi connectivity index (χ0) is 24.0. The van der Waals surface area contributed by atoms with Crippen LogP contribution in [-0.2, 0) is 6.18 Å². The van der Waals surface area contributed by atoms with Gasteiger partial charge in [-0.05, 0) is 67.8 Å². The third-order valence-electron chi connectivity index (χ3n) is 6.86. The molecule has 0 amide bonds. The number of amidine groups is 1. The van der Waals surface area contributed by atoms with E-state index in [2.05, 4.69) is 51.4 Å². The molecule has 3 heterocycles. The molecule has 0 bridgehead atoms. The molecule has 5 nitrogen and oxygen atoms in total. The summed E-state index contributed by atoms with van der Waals surface area (Å²) >= 11 is 0. The SMILES string of the molecule is Cc1c([C@@H](C)NC2=NC3=NCCN3c3ccc(C4=CCN(C)CC4)cc32)cccc1C(F)(F)F. The summed E-state index contributed by atoms with van der Waals surface area (Å²) in [4.78, 5) is 13.7. The summed E-state index contributed by atoms with van der Waals surface area (Å²) < 4.78 is 40.4. The standard InChI is InChI=1S/C26H28F3N5/c1-16-20(5-4-6-22(16)26(27,28)29)17(2)31-24-21-15-19(18-9-12-33(3)13-10-18)7-8-23(21)34-14-11-30-25(34)32-24/h4-9,15,17H,10-14H2,1-3H3,(H,30,31,32)/t17-/m1/s1. The van der Waals surface area contributed by atoms with Crippen molar-refractivity contribution < 1.29 is 13.2 Å². The fraction of sp³-hybridized carbons (Fsp3) is 0.385. The van der Waals surface area contributed by atoms with E-state index in [9.17, 15) is 13.2 Å². The van der Waals surface area contributed by atoms with Crippen molar-refractivity contribution in [2.24, 2.45) is 9.98 Å². The van der Waals surface area contributed by atoms with E-state index in [0.29, 0.717) is 23.9 Å². The average molecular weight is 468 g/mol. The first-order valence-electron chi connectivity index (χ1n) is 11.6. The first-order chi connectivity index (χ1) is 16.2. The van der Waals surface area contributed by atoms with Crippen molar-refractivity contribution in [2.75, 3.05) is 38.1 Å². The number of rotatable bonds is 3. The van der Waals surface area contributed by atoms with Crippen LogP contribution in [0.1, 0.15) is 47.2 Å². The van der Waals surface area contributed by atoms with Crippen LogP contribution < -0.4 is 10.2 Å². The van der Waals surface area contributed by atoms with Crippen LogP contribution in [0.4, 0.5) is 18.9 Å². The van der Waals surface area contributed by atoms with Gasteiger partial charge in [-0.3, -0.25) is 0 Å². The molecule has 2 aromatic rings. The molecule has 3 aliphatic heterocycles. The number of guanidine groups is 1. The number of hydrogen-bond donors (Lipinski definition) is 1. The molecule has 0 aromatic heterocycles. The molecule has 178 valence electrons. The number of fused-ring (bicyclic) bond motifs is 3. The quantitative estimate of drug-likeness (QED) is 0.690. The second-order valence-electron chi connectivity index (χ2n) is 9.15. The van der Waals surface area contributed by atoms with Crippen LogP contribution in [0.3, 0.4) is 0 Å². The van der Waals surface area contributed by atoms with Gasteiger partial charge in [0.15, 0.2) is 0 Å². The first kappa shape index (κ1) is 22.7. The molecular formula is C26H28F3N5. The summed E-state index contributed by atoms with van der Waals surface area (Å²) in [6, 6.07) is 10.4. The summed E-state index contributed by atoms with van der Waals surface area (Å²) in [7, 11) is 2.11. The van der Waals surface area contributed by atoms with E-state index in [1.807, 2.05) is 6.92 Å². The molecule has 0 fully saturated rings. The van der Waals surface area contributed by atoms with Crippen LogP contribution >= 0.6 is 0 Å². The lowest BCUT2D eigenvalue weighted by molar-refractivity contribution is -0.138. The van der Waals surface area contributed by atoms with Gasteiger partial charge >= 0.3 is 6.18 Å². The third kappa shape index (κ3) is 4.11. The van der Waals surface area contributed by atoms with Crippen LogP contribution in [-0.4, -0.2) is 49.9 Å². The van der Waals surface area contributed by atoms with Gasteiger partial charge < -0.3 is 15.1 Å². The normalized spacial score (nSPS) is 19.1. The second kappa shape index (κ2) is 8.58. The summed E-state index contributed by atoms with van der Waals surface area (Å²) in [5.74, 6) is 1.29. The Balaban J connectivity index is 1.51. The maximum Gasteiger partial charge on any atom is 0.416 e. The highest BCUT2D eigenvalue weighted by atomic mass is 19.4. The summed E-state index contributed by atoms with van der Waals surface area (Å²) in [5.41, 5.74) is 4.67. The summed E-state index contributed by atoms with van der Waals surface area (Å²) in [6.07, 6.45) is -1.15. The van der Waals surface area contributed by atoms with Crippen molar-refractivity contribution in [3.63, 3.8) is 0 Å². The van der Waals surface area contributed by atoms with Gasteiger partial charge in [-0.1, -0.05) is 24.3 Å². The molecule has 0 spiro atoms. The van der Waals surface area contributed by atoms with Crippen LogP contribution in [0.15, 0.2) is 52.5 Å². The van der Waals surface area contributed by atoms with Crippen molar-refractivity contribution in [3.8, 4) is 0 Å². The van der Waals surface area contributed by atoms with Crippen molar-refractivity contribution in [1.82, 2.24) is 10.2 Å². The Morgan fingerprint density at radius 2 is 1.94 bits per heavy atom. The van der Waals surface area contributed by atoms with Gasteiger partial charge in [0.1, 0.15) is 5.84 Å². The number of alkyl halides is 3. The lowest BCUT2D eigenvalue weighted by Crippen LogP contribution is -2.38. The topological polar surface area (TPSA) is 43.2 Å². The van der Waals surface area contributed by atoms with E-state index in [1.165, 1.54) is 18.6 Å². The lowest BCUT2D eigenvalue weighted by Gasteiger charge is -2.30. The van der Waals surface area contributed by atoms with E-state index in [4.69, 9.17) is 4.99 Å². The number of anilines is 1. The minimum Gasteiger partial charge on any atom is -0.363 e. The van der Waals surface area contributed by atoms with E-state index in [0.717, 1.165) is 48.9 Å². The van der Waals surface area contributed by atoms with Gasteiger partial charge in [-0.2, -0.15) is 18.2 Å². The van der Waals surface area contributed by atoms with Gasteiger partial charge in [0.05, 0.1) is 23.8 Å². The Bertz CT molecular complexity index is 1210. The maximum atomic E-state index is 13.5. The maximum absolute atomic E-state index is 13.5. The van der Waals surface area contributed by atoms with E-state index >= 15 is 0 Å². The molecular weight excluding hydrogens is 439 g/mol. The zero-order valence-electron chi connectivity index (χ0n) is 19.6. The zero-order valence-corrected chi connectivity index (χ0v) is 19.6. The van der Waals surface area contributed by atoms with Crippen LogP contribution in [0, 0.1) is 6.92 Å². The van der Waals surface area contributed by atoms with Crippen molar-refractivity contribution in [3.05, 3.63) is 70.3 Å². The molecule has 0 aliphatic carbocycles. The molecule has 1 atom stereocenters. The first-order valence-corrected chi connectivity index (χ1v) is 11.6. The van der Waals surface area contributed by atoms with Crippen LogP contribution in [0.25, 0.3) is 5.57 Å². The monoisotopic (exact) mass is 467 g/mol. The molecule has 8 heteroatoms. The predicted molar refractivity (Wildman–Crippen MR) is 130 cm³/mol. The van der Waals surface area contributed by atoms with E-state index in [1.54, 1.807) is 6.07 Å². The highest BCUT2D eigenvalue weighted by molar-refractivity contribution is 6.18. The molecule has 5 rings (SSSR count). The smallest absolute Gasteiger partial charge is 0.363 e. The van der Waals surface area contributed by atoms with Crippen LogP contribution in [0.2, 0.25) is 0 Å². The van der Waals surface area contributed by atoms with Gasteiger partial charge in [0.25, 0.3) is 0 Å². The van der Waals surface area contributed by atoms with Crippen molar-refractivity contribution >= 4 is 23.1 Å². The molecule has 0 unspecified atom stereocenters. The van der Waals surface area contributed by atoms with Gasteiger partial charge in [0.2, 0.25) is 5.96 Å². The number of halogens is 3. The summed E-state index contributed by atoms with van der Waals surface area (Å²) in [5, 5.41) is 3.41. The molecule has 3 aliphatic rings. The number of nitrogens with one attached hydrogen (secondary N) is 1. The van der Waals surface area contributed by atoms with Gasteiger partial charge in [0, 0.05) is 25.2 Å². The minimum atomic E-state index is -4.38. The number of aliphatic imine (C=N–C) groups is 2. The minimum absolute atomic E-state index is 0.233. The largest absolute Gasteiger partial charge is 0.416 e. The fourth-order valence-corrected chi connectivity index (χ4v) is 4.94. The highest BCUT2D eigenvalue weighted by Gasteiger charge is 2.34. The number of benzene rings is 2. The Morgan fingerprint density at radius 1 is 1.12 bits per heavy atom.